The van der Waals surface area contributed by atoms with E-state index in [1.54, 1.807) is 0 Å². The number of benzene rings is 2. The Morgan fingerprint density at radius 3 is 2.32 bits per heavy atom. The monoisotopic (exact) mass is 696 g/mol. The van der Waals surface area contributed by atoms with E-state index in [1.807, 2.05) is 12.1 Å². The van der Waals surface area contributed by atoms with Gasteiger partial charge in [-0.1, -0.05) is 0 Å². The fourth-order valence-corrected chi connectivity index (χ4v) is 5.94. The Hall–Kier alpha value is 0.0100. The van der Waals surface area contributed by atoms with Crippen molar-refractivity contribution in [1.82, 2.24) is 0 Å². The van der Waals surface area contributed by atoms with Crippen molar-refractivity contribution < 1.29 is 22.5 Å². The zero-order chi connectivity index (χ0) is 18.4. The highest BCUT2D eigenvalue weighted by Crippen LogP contribution is 2.36. The van der Waals surface area contributed by atoms with Gasteiger partial charge in [0.25, 0.3) is 10.1 Å². The van der Waals surface area contributed by atoms with E-state index < -0.39 is 16.1 Å². The molecule has 9 heteroatoms. The molecule has 0 saturated carbocycles. The van der Waals surface area contributed by atoms with E-state index in [-0.39, 0.29) is 4.90 Å². The van der Waals surface area contributed by atoms with Gasteiger partial charge >= 0.3 is 5.97 Å². The number of halogens is 3. The third-order valence-electron chi connectivity index (χ3n) is 3.93. The summed E-state index contributed by atoms with van der Waals surface area (Å²) in [7, 11) is -4.29. The molecule has 5 nitrogen and oxygen atoms in total. The molecule has 2 aromatic rings. The first-order chi connectivity index (χ1) is 11.7. The van der Waals surface area contributed by atoms with E-state index in [4.69, 9.17) is 4.74 Å². The highest BCUT2D eigenvalue weighted by Gasteiger charge is 2.27. The van der Waals surface area contributed by atoms with Crippen LogP contribution < -0.4 is 4.74 Å². The van der Waals surface area contributed by atoms with Crippen LogP contribution in [0, 0.1) is 10.7 Å². The lowest BCUT2D eigenvalue weighted by atomic mass is 10.1. The second-order valence-corrected chi connectivity index (χ2v) is 10.2. The van der Waals surface area contributed by atoms with E-state index in [0.717, 1.165) is 17.1 Å². The van der Waals surface area contributed by atoms with Gasteiger partial charge in [0.2, 0.25) is 0 Å². The Kier molecular flexibility index (Phi) is 5.98. The summed E-state index contributed by atoms with van der Waals surface area (Å²) in [4.78, 5) is 12.6. The molecule has 0 heterocycles. The van der Waals surface area contributed by atoms with Gasteiger partial charge in [-0.25, -0.2) is 4.79 Å². The third kappa shape index (κ3) is 3.99. The van der Waals surface area contributed by atoms with Crippen LogP contribution >= 0.6 is 67.8 Å². The molecule has 0 atom stereocenters. The van der Waals surface area contributed by atoms with Gasteiger partial charge in [0.05, 0.1) is 10.5 Å². The van der Waals surface area contributed by atoms with Crippen LogP contribution in [0.1, 0.15) is 27.9 Å². The minimum Gasteiger partial charge on any atom is -0.423 e. The summed E-state index contributed by atoms with van der Waals surface area (Å²) in [6.45, 7) is 0. The lowest BCUT2D eigenvalue weighted by Crippen LogP contribution is -2.14. The molecule has 0 aromatic heterocycles. The second kappa shape index (κ2) is 7.56. The van der Waals surface area contributed by atoms with Gasteiger partial charge < -0.3 is 4.74 Å². The fraction of sp³-hybridized carbons (Fsp3) is 0.188. The van der Waals surface area contributed by atoms with Gasteiger partial charge in [0.15, 0.2) is 0 Å². The zero-order valence-corrected chi connectivity index (χ0v) is 19.8. The summed E-state index contributed by atoms with van der Waals surface area (Å²) in [5.41, 5.74) is 1.72. The molecule has 0 bridgehead atoms. The molecule has 0 spiro atoms. The molecule has 1 aliphatic carbocycles. The molecule has 1 N–H and O–H groups in total. The molecule has 0 saturated heterocycles. The highest BCUT2D eigenvalue weighted by molar-refractivity contribution is 14.1. The fourth-order valence-electron chi connectivity index (χ4n) is 2.84. The Morgan fingerprint density at radius 2 is 1.64 bits per heavy atom. The molecule has 2 aromatic carbocycles. The molecule has 132 valence electrons. The van der Waals surface area contributed by atoms with E-state index in [1.165, 1.54) is 12.1 Å². The topological polar surface area (TPSA) is 80.7 Å². The molecule has 1 aliphatic rings. The predicted octanol–water partition coefficient (Wildman–Crippen LogP) is 4.46. The van der Waals surface area contributed by atoms with Gasteiger partial charge in [0.1, 0.15) is 5.75 Å². The molecule has 0 aliphatic heterocycles. The van der Waals surface area contributed by atoms with E-state index >= 15 is 0 Å². The smallest absolute Gasteiger partial charge is 0.345 e. The maximum Gasteiger partial charge on any atom is 0.345 e. The van der Waals surface area contributed by atoms with Crippen LogP contribution in [0.2, 0.25) is 0 Å². The lowest BCUT2D eigenvalue weighted by molar-refractivity contribution is 0.0731. The van der Waals surface area contributed by atoms with Crippen molar-refractivity contribution in [2.45, 2.75) is 24.2 Å². The van der Waals surface area contributed by atoms with Gasteiger partial charge in [-0.3, -0.25) is 4.55 Å². The maximum absolute atomic E-state index is 12.7. The average Bonchev–Trinajstić information content (AvgIpc) is 3.00. The second-order valence-electron chi connectivity index (χ2n) is 5.46. The van der Waals surface area contributed by atoms with Crippen molar-refractivity contribution in [1.29, 1.82) is 0 Å². The van der Waals surface area contributed by atoms with Crippen LogP contribution in [0.15, 0.2) is 29.2 Å². The van der Waals surface area contributed by atoms with Crippen LogP contribution in [0.4, 0.5) is 0 Å². The standard InChI is InChI=1S/C16H11I3O5S/c17-10-4-5-11(18)15(19)14(10)16(20)24-12-6-7-13(25(21,22)23)9-3-1-2-8(9)12/h4-7H,1-3H2,(H,21,22,23). The molecule has 0 amide bonds. The van der Waals surface area contributed by atoms with Crippen LogP contribution in [0.25, 0.3) is 0 Å². The Labute approximate surface area is 186 Å². The first kappa shape index (κ1) is 19.8. The Bertz CT molecular complexity index is 986. The number of carbonyl (C=O) groups excluding carboxylic acids is 1. The molecule has 0 radical (unpaired) electrons. The quantitative estimate of drug-likeness (QED) is 0.169. The number of carbonyl (C=O) groups is 1. The molecule has 3 rings (SSSR count). The molecular formula is C16H11I3O5S. The summed E-state index contributed by atoms with van der Waals surface area (Å²) in [6, 6.07) is 6.53. The van der Waals surface area contributed by atoms with Gasteiger partial charge in [-0.2, -0.15) is 8.42 Å². The number of rotatable bonds is 3. The Balaban J connectivity index is 2.02. The number of hydrogen-bond donors (Lipinski definition) is 1. The first-order valence-electron chi connectivity index (χ1n) is 7.18. The summed E-state index contributed by atoms with van der Waals surface area (Å²) in [5.74, 6) is -0.114. The van der Waals surface area contributed by atoms with Crippen LogP contribution in [-0.2, 0) is 23.0 Å². The largest absolute Gasteiger partial charge is 0.423 e. The third-order valence-corrected chi connectivity index (χ3v) is 8.82. The minimum atomic E-state index is -4.29. The first-order valence-corrected chi connectivity index (χ1v) is 11.9. The number of hydrogen-bond acceptors (Lipinski definition) is 4. The summed E-state index contributed by atoms with van der Waals surface area (Å²) < 4.78 is 40.6. The van der Waals surface area contributed by atoms with Gasteiger partial charge in [-0.15, -0.1) is 0 Å². The van der Waals surface area contributed by atoms with Crippen molar-refractivity contribution in [3.8, 4) is 5.75 Å². The van der Waals surface area contributed by atoms with Crippen molar-refractivity contribution in [2.75, 3.05) is 0 Å². The van der Waals surface area contributed by atoms with E-state index in [0.29, 0.717) is 35.3 Å². The zero-order valence-electron chi connectivity index (χ0n) is 12.6. The van der Waals surface area contributed by atoms with E-state index in [9.17, 15) is 17.8 Å². The van der Waals surface area contributed by atoms with Gasteiger partial charge in [0, 0.05) is 10.7 Å². The average molecular weight is 696 g/mol. The minimum absolute atomic E-state index is 0.0989. The summed E-state index contributed by atoms with van der Waals surface area (Å²) in [6.07, 6.45) is 1.90. The van der Waals surface area contributed by atoms with Crippen molar-refractivity contribution in [3.05, 3.63) is 51.7 Å². The van der Waals surface area contributed by atoms with Gasteiger partial charge in [-0.05, 0) is 122 Å². The summed E-state index contributed by atoms with van der Waals surface area (Å²) in [5, 5.41) is 0. The van der Waals surface area contributed by atoms with Crippen LogP contribution in [0.5, 0.6) is 5.75 Å². The number of ether oxygens (including phenoxy) is 1. The Morgan fingerprint density at radius 1 is 1.00 bits per heavy atom. The molecule has 0 unspecified atom stereocenters. The predicted molar refractivity (Wildman–Crippen MR) is 118 cm³/mol. The van der Waals surface area contributed by atoms with Crippen LogP contribution in [-0.4, -0.2) is 18.9 Å². The van der Waals surface area contributed by atoms with Crippen molar-refractivity contribution in [3.63, 3.8) is 0 Å². The molecular weight excluding hydrogens is 685 g/mol. The summed E-state index contributed by atoms with van der Waals surface area (Å²) >= 11 is 6.37. The normalized spacial score (nSPS) is 13.6. The lowest BCUT2D eigenvalue weighted by Gasteiger charge is -2.13. The van der Waals surface area contributed by atoms with Crippen molar-refractivity contribution in [2.24, 2.45) is 0 Å². The number of esters is 1. The molecule has 0 fully saturated rings. The number of fused-ring (bicyclic) bond motifs is 1. The van der Waals surface area contributed by atoms with Crippen molar-refractivity contribution >= 4 is 83.9 Å². The SMILES string of the molecule is O=C(Oc1ccc(S(=O)(=O)O)c2c1CCC2)c1c(I)ccc(I)c1I. The maximum atomic E-state index is 12.7. The van der Waals surface area contributed by atoms with E-state index in [2.05, 4.69) is 67.8 Å². The molecule has 25 heavy (non-hydrogen) atoms. The highest BCUT2D eigenvalue weighted by atomic mass is 127. The van der Waals surface area contributed by atoms with Crippen LogP contribution in [0.3, 0.4) is 0 Å².